The summed E-state index contributed by atoms with van der Waals surface area (Å²) in [6.45, 7) is 2.30. The molecule has 1 aromatic rings. The highest BCUT2D eigenvalue weighted by Gasteiger charge is 2.35. The molecule has 0 bridgehead atoms. The Balaban J connectivity index is 1.66. The Morgan fingerprint density at radius 3 is 2.82 bits per heavy atom. The Morgan fingerprint density at radius 2 is 2.24 bits per heavy atom. The van der Waals surface area contributed by atoms with Crippen LogP contribution in [0.1, 0.15) is 63.1 Å². The molecule has 2 aliphatic rings. The average molecular weight is 235 g/mol. The summed E-state index contributed by atoms with van der Waals surface area (Å²) < 4.78 is 5.34. The molecule has 0 spiro atoms. The van der Waals surface area contributed by atoms with Crippen molar-refractivity contribution in [2.75, 3.05) is 0 Å². The van der Waals surface area contributed by atoms with Crippen LogP contribution in [0.25, 0.3) is 0 Å². The highest BCUT2D eigenvalue weighted by Crippen LogP contribution is 2.37. The minimum Gasteiger partial charge on any atom is -0.339 e. The van der Waals surface area contributed by atoms with Crippen molar-refractivity contribution in [3.8, 4) is 0 Å². The average Bonchev–Trinajstić information content (AvgIpc) is 2.84. The molecule has 0 amide bonds. The zero-order valence-corrected chi connectivity index (χ0v) is 10.5. The van der Waals surface area contributed by atoms with E-state index in [4.69, 9.17) is 10.3 Å². The summed E-state index contributed by atoms with van der Waals surface area (Å²) in [6.07, 6.45) is 7.85. The lowest BCUT2D eigenvalue weighted by atomic mass is 9.75. The van der Waals surface area contributed by atoms with Crippen LogP contribution in [0.15, 0.2) is 4.52 Å². The number of nitrogens with two attached hydrogens (primary N) is 1. The van der Waals surface area contributed by atoms with Crippen molar-refractivity contribution in [3.05, 3.63) is 11.7 Å². The first kappa shape index (κ1) is 11.2. The Labute approximate surface area is 102 Å². The molecule has 2 saturated carbocycles. The normalized spacial score (nSPS) is 31.4. The fraction of sp³-hybridized carbons (Fsp3) is 0.846. The van der Waals surface area contributed by atoms with Gasteiger partial charge in [-0.2, -0.15) is 4.98 Å². The second kappa shape index (κ2) is 4.09. The Hall–Kier alpha value is -0.900. The highest BCUT2D eigenvalue weighted by atomic mass is 16.5. The predicted molar refractivity (Wildman–Crippen MR) is 64.5 cm³/mol. The zero-order valence-electron chi connectivity index (χ0n) is 10.5. The van der Waals surface area contributed by atoms with Gasteiger partial charge in [-0.05, 0) is 44.4 Å². The van der Waals surface area contributed by atoms with Gasteiger partial charge in [-0.3, -0.25) is 0 Å². The van der Waals surface area contributed by atoms with E-state index in [9.17, 15) is 0 Å². The molecule has 2 fully saturated rings. The maximum absolute atomic E-state index is 6.19. The summed E-state index contributed by atoms with van der Waals surface area (Å²) in [5.74, 6) is 2.96. The van der Waals surface area contributed by atoms with Gasteiger partial charge in [-0.1, -0.05) is 12.1 Å². The van der Waals surface area contributed by atoms with E-state index >= 15 is 0 Å². The van der Waals surface area contributed by atoms with Crippen molar-refractivity contribution in [2.45, 2.75) is 63.3 Å². The molecule has 2 unspecified atom stereocenters. The van der Waals surface area contributed by atoms with Gasteiger partial charge >= 0.3 is 0 Å². The highest BCUT2D eigenvalue weighted by molar-refractivity contribution is 5.04. The standard InChI is InChI=1S/C13H21N3O/c1-9-3-4-10(7-9)12-15-11(17-16-12)8-13(14)5-2-6-13/h9-10H,2-8,14H2,1H3. The smallest absolute Gasteiger partial charge is 0.228 e. The maximum Gasteiger partial charge on any atom is 0.228 e. The van der Waals surface area contributed by atoms with Crippen molar-refractivity contribution in [1.82, 2.24) is 10.1 Å². The van der Waals surface area contributed by atoms with Crippen LogP contribution < -0.4 is 5.73 Å². The Bertz CT molecular complexity index is 397. The third-order valence-corrected chi connectivity index (χ3v) is 4.40. The fourth-order valence-corrected chi connectivity index (χ4v) is 3.06. The molecule has 0 saturated heterocycles. The van der Waals surface area contributed by atoms with Gasteiger partial charge in [0, 0.05) is 17.9 Å². The molecule has 94 valence electrons. The van der Waals surface area contributed by atoms with Crippen LogP contribution in [0.3, 0.4) is 0 Å². The van der Waals surface area contributed by atoms with Crippen molar-refractivity contribution < 1.29 is 4.52 Å². The Kier molecular flexibility index (Phi) is 2.69. The largest absolute Gasteiger partial charge is 0.339 e. The lowest BCUT2D eigenvalue weighted by Crippen LogP contribution is -2.48. The van der Waals surface area contributed by atoms with Crippen molar-refractivity contribution >= 4 is 0 Å². The lowest BCUT2D eigenvalue weighted by molar-refractivity contribution is 0.221. The summed E-state index contributed by atoms with van der Waals surface area (Å²) in [7, 11) is 0. The van der Waals surface area contributed by atoms with Crippen molar-refractivity contribution in [2.24, 2.45) is 11.7 Å². The molecule has 17 heavy (non-hydrogen) atoms. The van der Waals surface area contributed by atoms with E-state index in [1.54, 1.807) is 0 Å². The van der Waals surface area contributed by atoms with E-state index in [0.29, 0.717) is 5.92 Å². The molecular formula is C13H21N3O. The van der Waals surface area contributed by atoms with Gasteiger partial charge in [0.05, 0.1) is 0 Å². The van der Waals surface area contributed by atoms with E-state index in [-0.39, 0.29) is 5.54 Å². The van der Waals surface area contributed by atoms with Crippen molar-refractivity contribution in [1.29, 1.82) is 0 Å². The monoisotopic (exact) mass is 235 g/mol. The van der Waals surface area contributed by atoms with Gasteiger partial charge in [0.25, 0.3) is 0 Å². The first-order valence-electron chi connectivity index (χ1n) is 6.76. The number of hydrogen-bond acceptors (Lipinski definition) is 4. The zero-order chi connectivity index (χ0) is 11.9. The molecule has 4 heteroatoms. The quantitative estimate of drug-likeness (QED) is 0.873. The van der Waals surface area contributed by atoms with E-state index in [1.807, 2.05) is 0 Å². The summed E-state index contributed by atoms with van der Waals surface area (Å²) in [5, 5.41) is 4.13. The molecule has 2 aliphatic carbocycles. The van der Waals surface area contributed by atoms with E-state index < -0.39 is 0 Å². The molecule has 0 aliphatic heterocycles. The number of aromatic nitrogens is 2. The van der Waals surface area contributed by atoms with Gasteiger partial charge < -0.3 is 10.3 Å². The minimum absolute atomic E-state index is 0.0627. The fourth-order valence-electron chi connectivity index (χ4n) is 3.06. The van der Waals surface area contributed by atoms with Crippen LogP contribution in [0.2, 0.25) is 0 Å². The summed E-state index contributed by atoms with van der Waals surface area (Å²) in [5.41, 5.74) is 6.13. The van der Waals surface area contributed by atoms with E-state index in [0.717, 1.165) is 36.9 Å². The van der Waals surface area contributed by atoms with E-state index in [2.05, 4.69) is 17.1 Å². The summed E-state index contributed by atoms with van der Waals surface area (Å²) in [6, 6.07) is 0. The maximum atomic E-state index is 6.19. The molecular weight excluding hydrogens is 214 g/mol. The SMILES string of the molecule is CC1CCC(c2noc(CC3(N)CCC3)n2)C1. The molecule has 3 rings (SSSR count). The number of rotatable bonds is 3. The van der Waals surface area contributed by atoms with Crippen LogP contribution in [-0.4, -0.2) is 15.7 Å². The van der Waals surface area contributed by atoms with Crippen LogP contribution in [0.5, 0.6) is 0 Å². The molecule has 2 N–H and O–H groups in total. The summed E-state index contributed by atoms with van der Waals surface area (Å²) in [4.78, 5) is 4.54. The van der Waals surface area contributed by atoms with Crippen LogP contribution >= 0.6 is 0 Å². The third kappa shape index (κ3) is 2.23. The second-order valence-corrected chi connectivity index (χ2v) is 6.05. The first-order chi connectivity index (χ1) is 8.15. The predicted octanol–water partition coefficient (Wildman–Crippen LogP) is 2.40. The molecule has 0 radical (unpaired) electrons. The number of hydrogen-bond donors (Lipinski definition) is 1. The molecule has 2 atom stereocenters. The molecule has 1 heterocycles. The Morgan fingerprint density at radius 1 is 1.41 bits per heavy atom. The minimum atomic E-state index is -0.0627. The summed E-state index contributed by atoms with van der Waals surface area (Å²) >= 11 is 0. The molecule has 1 aromatic heterocycles. The second-order valence-electron chi connectivity index (χ2n) is 6.05. The first-order valence-corrected chi connectivity index (χ1v) is 6.76. The van der Waals surface area contributed by atoms with Crippen molar-refractivity contribution in [3.63, 3.8) is 0 Å². The van der Waals surface area contributed by atoms with Crippen LogP contribution in [0, 0.1) is 5.92 Å². The topological polar surface area (TPSA) is 64.9 Å². The molecule has 4 nitrogen and oxygen atoms in total. The van der Waals surface area contributed by atoms with Gasteiger partial charge in [0.1, 0.15) is 0 Å². The van der Waals surface area contributed by atoms with Crippen LogP contribution in [0.4, 0.5) is 0 Å². The van der Waals surface area contributed by atoms with Crippen LogP contribution in [-0.2, 0) is 6.42 Å². The van der Waals surface area contributed by atoms with E-state index in [1.165, 1.54) is 25.7 Å². The van der Waals surface area contributed by atoms with Gasteiger partial charge in [0.2, 0.25) is 5.89 Å². The third-order valence-electron chi connectivity index (χ3n) is 4.40. The lowest BCUT2D eigenvalue weighted by Gasteiger charge is -2.36. The van der Waals surface area contributed by atoms with Gasteiger partial charge in [0.15, 0.2) is 5.82 Å². The van der Waals surface area contributed by atoms with Gasteiger partial charge in [-0.25, -0.2) is 0 Å². The number of nitrogens with zero attached hydrogens (tertiary/aromatic N) is 2. The van der Waals surface area contributed by atoms with Gasteiger partial charge in [-0.15, -0.1) is 0 Å². The molecule has 0 aromatic carbocycles.